The van der Waals surface area contributed by atoms with Gasteiger partial charge >= 0.3 is 0 Å². The highest BCUT2D eigenvalue weighted by Gasteiger charge is 2.03. The van der Waals surface area contributed by atoms with Crippen LogP contribution in [0.25, 0.3) is 0 Å². The molecule has 0 unspecified atom stereocenters. The average Bonchev–Trinajstić information content (AvgIpc) is 2.38. The van der Waals surface area contributed by atoms with Gasteiger partial charge in [-0.2, -0.15) is 5.26 Å². The van der Waals surface area contributed by atoms with Gasteiger partial charge in [0.2, 0.25) is 0 Å². The van der Waals surface area contributed by atoms with Gasteiger partial charge in [0.05, 0.1) is 0 Å². The van der Waals surface area contributed by atoms with Gasteiger partial charge in [0.1, 0.15) is 17.6 Å². The van der Waals surface area contributed by atoms with Gasteiger partial charge in [-0.05, 0) is 42.8 Å². The first-order chi connectivity index (χ1) is 9.10. The van der Waals surface area contributed by atoms with Gasteiger partial charge in [-0.25, -0.2) is 4.98 Å². The zero-order valence-corrected chi connectivity index (χ0v) is 11.3. The molecular formula is C15H16N4. The lowest BCUT2D eigenvalue weighted by atomic mass is 10.1. The Kier molecular flexibility index (Phi) is 3.67. The number of rotatable bonds is 3. The van der Waals surface area contributed by atoms with Crippen LogP contribution in [0, 0.1) is 18.3 Å². The maximum atomic E-state index is 8.82. The summed E-state index contributed by atoms with van der Waals surface area (Å²) < 4.78 is 0. The molecule has 0 aliphatic rings. The van der Waals surface area contributed by atoms with Crippen molar-refractivity contribution >= 4 is 17.2 Å². The molecule has 0 amide bonds. The highest BCUT2D eigenvalue weighted by atomic mass is 15.1. The maximum Gasteiger partial charge on any atom is 0.142 e. The summed E-state index contributed by atoms with van der Waals surface area (Å²) in [5.41, 5.74) is 3.74. The van der Waals surface area contributed by atoms with Gasteiger partial charge in [0.15, 0.2) is 0 Å². The summed E-state index contributed by atoms with van der Waals surface area (Å²) in [5, 5.41) is 12.0. The standard InChI is InChI=1S/C15H16N4/c1-11-9-12(7-8-14(11)19(2)3)17-15-6-4-5-13(10-16)18-15/h4-9H,1-3H3,(H,17,18). The summed E-state index contributed by atoms with van der Waals surface area (Å²) in [6.45, 7) is 2.07. The molecular weight excluding hydrogens is 236 g/mol. The van der Waals surface area contributed by atoms with Crippen molar-refractivity contribution in [1.29, 1.82) is 5.26 Å². The van der Waals surface area contributed by atoms with Crippen molar-refractivity contribution in [2.75, 3.05) is 24.3 Å². The minimum absolute atomic E-state index is 0.409. The zero-order chi connectivity index (χ0) is 13.8. The minimum atomic E-state index is 0.409. The molecule has 0 radical (unpaired) electrons. The molecule has 0 fully saturated rings. The molecule has 1 N–H and O–H groups in total. The number of anilines is 3. The predicted molar refractivity (Wildman–Crippen MR) is 77.7 cm³/mol. The molecule has 0 saturated heterocycles. The van der Waals surface area contributed by atoms with E-state index in [4.69, 9.17) is 5.26 Å². The average molecular weight is 252 g/mol. The van der Waals surface area contributed by atoms with Crippen LogP contribution in [0.2, 0.25) is 0 Å². The number of aryl methyl sites for hydroxylation is 1. The third-order valence-corrected chi connectivity index (χ3v) is 2.81. The number of aromatic nitrogens is 1. The summed E-state index contributed by atoms with van der Waals surface area (Å²) >= 11 is 0. The predicted octanol–water partition coefficient (Wildman–Crippen LogP) is 3.07. The van der Waals surface area contributed by atoms with Crippen molar-refractivity contribution in [3.8, 4) is 6.07 Å². The Balaban J connectivity index is 2.24. The Bertz CT molecular complexity index is 626. The summed E-state index contributed by atoms with van der Waals surface area (Å²) in [4.78, 5) is 6.27. The van der Waals surface area contributed by atoms with Crippen LogP contribution in [0.3, 0.4) is 0 Å². The van der Waals surface area contributed by atoms with Crippen LogP contribution in [0.5, 0.6) is 0 Å². The molecule has 96 valence electrons. The smallest absolute Gasteiger partial charge is 0.142 e. The topological polar surface area (TPSA) is 52.0 Å². The SMILES string of the molecule is Cc1cc(Nc2cccc(C#N)n2)ccc1N(C)C. The number of pyridine rings is 1. The van der Waals surface area contributed by atoms with Crippen LogP contribution in [0.1, 0.15) is 11.3 Å². The number of benzene rings is 1. The van der Waals surface area contributed by atoms with E-state index in [0.29, 0.717) is 11.5 Å². The second-order valence-corrected chi connectivity index (χ2v) is 4.54. The van der Waals surface area contributed by atoms with E-state index in [1.54, 1.807) is 6.07 Å². The summed E-state index contributed by atoms with van der Waals surface area (Å²) in [6.07, 6.45) is 0. The van der Waals surface area contributed by atoms with Crippen LogP contribution in [-0.4, -0.2) is 19.1 Å². The Morgan fingerprint density at radius 2 is 2.00 bits per heavy atom. The van der Waals surface area contributed by atoms with Crippen LogP contribution in [-0.2, 0) is 0 Å². The van der Waals surface area contributed by atoms with Crippen molar-refractivity contribution in [2.24, 2.45) is 0 Å². The van der Waals surface area contributed by atoms with Gasteiger partial charge in [0, 0.05) is 25.5 Å². The molecule has 2 aromatic rings. The van der Waals surface area contributed by atoms with Gasteiger partial charge in [-0.15, -0.1) is 0 Å². The Labute approximate surface area is 113 Å². The molecule has 0 spiro atoms. The fraction of sp³-hybridized carbons (Fsp3) is 0.200. The molecule has 2 rings (SSSR count). The lowest BCUT2D eigenvalue weighted by Crippen LogP contribution is -2.10. The maximum absolute atomic E-state index is 8.82. The molecule has 19 heavy (non-hydrogen) atoms. The molecule has 0 aliphatic heterocycles. The van der Waals surface area contributed by atoms with Gasteiger partial charge in [-0.3, -0.25) is 0 Å². The number of nitrogens with one attached hydrogen (secondary N) is 1. The van der Waals surface area contributed by atoms with Crippen LogP contribution in [0.15, 0.2) is 36.4 Å². The first-order valence-corrected chi connectivity index (χ1v) is 6.02. The van der Waals surface area contributed by atoms with Crippen molar-refractivity contribution in [3.63, 3.8) is 0 Å². The summed E-state index contributed by atoms with van der Waals surface area (Å²) in [7, 11) is 4.04. The van der Waals surface area contributed by atoms with Crippen molar-refractivity contribution in [3.05, 3.63) is 47.7 Å². The highest BCUT2D eigenvalue weighted by Crippen LogP contribution is 2.23. The number of hydrogen-bond acceptors (Lipinski definition) is 4. The lowest BCUT2D eigenvalue weighted by Gasteiger charge is -2.16. The Morgan fingerprint density at radius 3 is 2.63 bits per heavy atom. The molecule has 4 heteroatoms. The number of hydrogen-bond donors (Lipinski definition) is 1. The quantitative estimate of drug-likeness (QED) is 0.912. The van der Waals surface area contributed by atoms with E-state index in [0.717, 1.165) is 5.69 Å². The van der Waals surface area contributed by atoms with E-state index in [9.17, 15) is 0 Å². The summed E-state index contributed by atoms with van der Waals surface area (Å²) in [6, 6.07) is 13.5. The first-order valence-electron chi connectivity index (χ1n) is 6.02. The third-order valence-electron chi connectivity index (χ3n) is 2.81. The minimum Gasteiger partial charge on any atom is -0.377 e. The van der Waals surface area contributed by atoms with Crippen LogP contribution < -0.4 is 10.2 Å². The molecule has 1 aromatic carbocycles. The van der Waals surface area contributed by atoms with E-state index in [1.807, 2.05) is 38.4 Å². The fourth-order valence-electron chi connectivity index (χ4n) is 1.95. The molecule has 4 nitrogen and oxygen atoms in total. The van der Waals surface area contributed by atoms with Gasteiger partial charge in [0.25, 0.3) is 0 Å². The van der Waals surface area contributed by atoms with Gasteiger partial charge < -0.3 is 10.2 Å². The second-order valence-electron chi connectivity index (χ2n) is 4.54. The fourth-order valence-corrected chi connectivity index (χ4v) is 1.95. The van der Waals surface area contributed by atoms with Crippen molar-refractivity contribution < 1.29 is 0 Å². The van der Waals surface area contributed by atoms with Crippen LogP contribution >= 0.6 is 0 Å². The van der Waals surface area contributed by atoms with E-state index >= 15 is 0 Å². The largest absolute Gasteiger partial charge is 0.377 e. The zero-order valence-electron chi connectivity index (χ0n) is 11.3. The molecule has 0 atom stereocenters. The number of nitriles is 1. The first kappa shape index (κ1) is 12.9. The number of nitrogens with zero attached hydrogens (tertiary/aromatic N) is 3. The lowest BCUT2D eigenvalue weighted by molar-refractivity contribution is 1.11. The van der Waals surface area contributed by atoms with Gasteiger partial charge in [-0.1, -0.05) is 6.07 Å². The normalized spacial score (nSPS) is 9.79. The summed E-state index contributed by atoms with van der Waals surface area (Å²) in [5.74, 6) is 0.677. The molecule has 0 saturated carbocycles. The second kappa shape index (κ2) is 5.40. The van der Waals surface area contributed by atoms with E-state index in [1.165, 1.54) is 11.3 Å². The molecule has 0 aliphatic carbocycles. The molecule has 1 heterocycles. The molecule has 1 aromatic heterocycles. The van der Waals surface area contributed by atoms with E-state index < -0.39 is 0 Å². The highest BCUT2D eigenvalue weighted by molar-refractivity contribution is 5.64. The van der Waals surface area contributed by atoms with E-state index in [2.05, 4.69) is 34.3 Å². The van der Waals surface area contributed by atoms with Crippen LogP contribution in [0.4, 0.5) is 17.2 Å². The monoisotopic (exact) mass is 252 g/mol. The van der Waals surface area contributed by atoms with Crippen molar-refractivity contribution in [1.82, 2.24) is 4.98 Å². The third kappa shape index (κ3) is 3.02. The Hall–Kier alpha value is -2.54. The van der Waals surface area contributed by atoms with Crippen molar-refractivity contribution in [2.45, 2.75) is 6.92 Å². The van der Waals surface area contributed by atoms with E-state index in [-0.39, 0.29) is 0 Å². The molecule has 0 bridgehead atoms. The Morgan fingerprint density at radius 1 is 1.21 bits per heavy atom.